The summed E-state index contributed by atoms with van der Waals surface area (Å²) in [5.41, 5.74) is 3.03. The van der Waals surface area contributed by atoms with Crippen LogP contribution in [0.1, 0.15) is 16.7 Å². The van der Waals surface area contributed by atoms with Crippen LogP contribution in [0.4, 0.5) is 16.2 Å². The van der Waals surface area contributed by atoms with Crippen molar-refractivity contribution < 1.29 is 22.5 Å². The number of aromatic hydroxyl groups is 1. The molecule has 0 radical (unpaired) electrons. The maximum absolute atomic E-state index is 12.8. The minimum absolute atomic E-state index is 0.0804. The van der Waals surface area contributed by atoms with E-state index in [4.69, 9.17) is 4.18 Å². The Labute approximate surface area is 175 Å². The first-order valence-electron chi connectivity index (χ1n) is 9.13. The smallest absolute Gasteiger partial charge is 0.339 e. The van der Waals surface area contributed by atoms with Crippen LogP contribution in [0.2, 0.25) is 0 Å². The molecular formula is C22H22N2O5S. The highest BCUT2D eigenvalue weighted by Gasteiger charge is 2.22. The van der Waals surface area contributed by atoms with Crippen molar-refractivity contribution in [2.24, 2.45) is 0 Å². The zero-order valence-electron chi connectivity index (χ0n) is 16.8. The number of amides is 2. The number of anilines is 2. The highest BCUT2D eigenvalue weighted by atomic mass is 32.2. The van der Waals surface area contributed by atoms with Crippen LogP contribution in [0.25, 0.3) is 0 Å². The molecule has 8 heteroatoms. The van der Waals surface area contributed by atoms with Gasteiger partial charge in [0.05, 0.1) is 0 Å². The summed E-state index contributed by atoms with van der Waals surface area (Å²) in [7, 11) is -4.04. The highest BCUT2D eigenvalue weighted by molar-refractivity contribution is 7.87. The Bertz CT molecular complexity index is 1170. The molecule has 3 aromatic rings. The van der Waals surface area contributed by atoms with Crippen molar-refractivity contribution in [3.63, 3.8) is 0 Å². The first kappa shape index (κ1) is 21.2. The summed E-state index contributed by atoms with van der Waals surface area (Å²) in [4.78, 5) is 12.3. The van der Waals surface area contributed by atoms with E-state index in [2.05, 4.69) is 10.6 Å². The van der Waals surface area contributed by atoms with E-state index in [-0.39, 0.29) is 16.4 Å². The Kier molecular flexibility index (Phi) is 5.98. The van der Waals surface area contributed by atoms with Crippen LogP contribution in [0, 0.1) is 20.8 Å². The van der Waals surface area contributed by atoms with Crippen LogP contribution >= 0.6 is 0 Å². The topological polar surface area (TPSA) is 105 Å². The number of urea groups is 1. The molecule has 0 aliphatic rings. The van der Waals surface area contributed by atoms with Crippen molar-refractivity contribution in [2.45, 2.75) is 25.7 Å². The van der Waals surface area contributed by atoms with Gasteiger partial charge < -0.3 is 19.9 Å². The molecule has 0 aromatic heterocycles. The SMILES string of the molecule is Cc1cc(C)c(S(=O)(=O)Oc2cccc(NC(=O)Nc3ccc(O)cc3)c2)c(C)c1. The second-order valence-electron chi connectivity index (χ2n) is 6.92. The van der Waals surface area contributed by atoms with E-state index in [0.717, 1.165) is 5.56 Å². The Balaban J connectivity index is 1.75. The molecule has 156 valence electrons. The molecule has 0 spiro atoms. The van der Waals surface area contributed by atoms with E-state index in [1.54, 1.807) is 50.2 Å². The number of hydrogen-bond acceptors (Lipinski definition) is 5. The standard InChI is InChI=1S/C22H22N2O5S/c1-14-11-15(2)21(16(3)12-14)30(27,28)29-20-6-4-5-18(13-20)24-22(26)23-17-7-9-19(25)10-8-17/h4-13,25H,1-3H3,(H2,23,24,26). The number of carbonyl (C=O) groups is 1. The Hall–Kier alpha value is -3.52. The molecule has 0 aliphatic carbocycles. The van der Waals surface area contributed by atoms with Crippen LogP contribution in [-0.4, -0.2) is 19.6 Å². The molecule has 0 heterocycles. The first-order chi connectivity index (χ1) is 14.1. The van der Waals surface area contributed by atoms with Crippen molar-refractivity contribution in [2.75, 3.05) is 10.6 Å². The van der Waals surface area contributed by atoms with E-state index >= 15 is 0 Å². The minimum atomic E-state index is -4.04. The maximum atomic E-state index is 12.8. The minimum Gasteiger partial charge on any atom is -0.508 e. The summed E-state index contributed by atoms with van der Waals surface area (Å²) >= 11 is 0. The van der Waals surface area contributed by atoms with Gasteiger partial charge in [0.1, 0.15) is 16.4 Å². The van der Waals surface area contributed by atoms with Gasteiger partial charge in [-0.1, -0.05) is 23.8 Å². The lowest BCUT2D eigenvalue weighted by molar-refractivity contribution is 0.262. The molecule has 0 saturated carbocycles. The molecule has 3 aromatic carbocycles. The van der Waals surface area contributed by atoms with Gasteiger partial charge in [-0.3, -0.25) is 0 Å². The zero-order chi connectivity index (χ0) is 21.9. The molecule has 0 atom stereocenters. The lowest BCUT2D eigenvalue weighted by Crippen LogP contribution is -2.19. The molecule has 0 fully saturated rings. The number of hydrogen-bond donors (Lipinski definition) is 3. The second-order valence-corrected chi connectivity index (χ2v) is 8.40. The van der Waals surface area contributed by atoms with Gasteiger partial charge in [0.25, 0.3) is 0 Å². The Morgan fingerprint density at radius 2 is 1.47 bits per heavy atom. The monoisotopic (exact) mass is 426 g/mol. The third-order valence-corrected chi connectivity index (χ3v) is 5.83. The summed E-state index contributed by atoms with van der Waals surface area (Å²) in [5, 5.41) is 14.5. The maximum Gasteiger partial charge on any atom is 0.339 e. The fourth-order valence-electron chi connectivity index (χ4n) is 3.19. The van der Waals surface area contributed by atoms with Crippen LogP contribution < -0.4 is 14.8 Å². The third kappa shape index (κ3) is 5.09. The van der Waals surface area contributed by atoms with Crippen molar-refractivity contribution in [3.8, 4) is 11.5 Å². The number of carbonyl (C=O) groups excluding carboxylic acids is 1. The molecule has 7 nitrogen and oxygen atoms in total. The zero-order valence-corrected chi connectivity index (χ0v) is 17.6. The average Bonchev–Trinajstić information content (AvgIpc) is 2.62. The van der Waals surface area contributed by atoms with Crippen molar-refractivity contribution in [3.05, 3.63) is 77.4 Å². The second kappa shape index (κ2) is 8.46. The summed E-state index contributed by atoms with van der Waals surface area (Å²) in [6.07, 6.45) is 0. The average molecular weight is 426 g/mol. The van der Waals surface area contributed by atoms with E-state index in [1.165, 1.54) is 24.3 Å². The van der Waals surface area contributed by atoms with Crippen LogP contribution in [0.5, 0.6) is 11.5 Å². The van der Waals surface area contributed by atoms with E-state index < -0.39 is 16.1 Å². The lowest BCUT2D eigenvalue weighted by atomic mass is 10.1. The molecule has 3 N–H and O–H groups in total. The molecule has 30 heavy (non-hydrogen) atoms. The third-order valence-electron chi connectivity index (χ3n) is 4.28. The van der Waals surface area contributed by atoms with Gasteiger partial charge >= 0.3 is 16.1 Å². The first-order valence-corrected chi connectivity index (χ1v) is 10.5. The number of aryl methyl sites for hydroxylation is 3. The van der Waals surface area contributed by atoms with E-state index in [9.17, 15) is 18.3 Å². The van der Waals surface area contributed by atoms with Gasteiger partial charge in [0.2, 0.25) is 0 Å². The normalized spacial score (nSPS) is 11.0. The number of benzene rings is 3. The fraction of sp³-hybridized carbons (Fsp3) is 0.136. The number of rotatable bonds is 5. The number of nitrogens with one attached hydrogen (secondary N) is 2. The summed E-state index contributed by atoms with van der Waals surface area (Å²) < 4.78 is 30.9. The molecule has 3 rings (SSSR count). The largest absolute Gasteiger partial charge is 0.508 e. The Morgan fingerprint density at radius 1 is 0.867 bits per heavy atom. The summed E-state index contributed by atoms with van der Waals surface area (Å²) in [5.74, 6) is 0.169. The molecule has 2 amide bonds. The Morgan fingerprint density at radius 3 is 2.10 bits per heavy atom. The van der Waals surface area contributed by atoms with Crippen LogP contribution in [0.3, 0.4) is 0 Å². The van der Waals surface area contributed by atoms with Crippen LogP contribution in [0.15, 0.2) is 65.6 Å². The van der Waals surface area contributed by atoms with Crippen molar-refractivity contribution in [1.29, 1.82) is 0 Å². The van der Waals surface area contributed by atoms with Gasteiger partial charge in [0, 0.05) is 17.4 Å². The van der Waals surface area contributed by atoms with E-state index in [0.29, 0.717) is 22.5 Å². The van der Waals surface area contributed by atoms with Crippen molar-refractivity contribution >= 4 is 27.5 Å². The predicted molar refractivity (Wildman–Crippen MR) is 116 cm³/mol. The number of phenols is 1. The molecule has 0 saturated heterocycles. The molecule has 0 unspecified atom stereocenters. The summed E-state index contributed by atoms with van der Waals surface area (Å²) in [6, 6.07) is 15.2. The summed E-state index contributed by atoms with van der Waals surface area (Å²) in [6.45, 7) is 5.35. The van der Waals surface area contributed by atoms with Gasteiger partial charge in [0.15, 0.2) is 0 Å². The number of phenolic OH excluding ortho intramolecular Hbond substituents is 1. The quantitative estimate of drug-likeness (QED) is 0.404. The molecule has 0 aliphatic heterocycles. The van der Waals surface area contributed by atoms with Gasteiger partial charge in [-0.25, -0.2) is 4.79 Å². The molecular weight excluding hydrogens is 404 g/mol. The highest BCUT2D eigenvalue weighted by Crippen LogP contribution is 2.27. The predicted octanol–water partition coefficient (Wildman–Crippen LogP) is 4.73. The van der Waals surface area contributed by atoms with Gasteiger partial charge in [-0.2, -0.15) is 8.42 Å². The lowest BCUT2D eigenvalue weighted by Gasteiger charge is -2.14. The molecule has 0 bridgehead atoms. The van der Waals surface area contributed by atoms with Gasteiger partial charge in [-0.15, -0.1) is 0 Å². The van der Waals surface area contributed by atoms with Gasteiger partial charge in [-0.05, 0) is 68.3 Å². The fourth-order valence-corrected chi connectivity index (χ4v) is 4.54. The van der Waals surface area contributed by atoms with Crippen LogP contribution in [-0.2, 0) is 10.1 Å². The van der Waals surface area contributed by atoms with Crippen molar-refractivity contribution in [1.82, 2.24) is 0 Å². The van der Waals surface area contributed by atoms with E-state index in [1.807, 2.05) is 6.92 Å².